The van der Waals surface area contributed by atoms with Crippen LogP contribution in [0.25, 0.3) is 0 Å². The summed E-state index contributed by atoms with van der Waals surface area (Å²) in [4.78, 5) is 17.7. The van der Waals surface area contributed by atoms with E-state index in [-0.39, 0.29) is 43.0 Å². The van der Waals surface area contributed by atoms with Crippen molar-refractivity contribution in [3.63, 3.8) is 0 Å². The van der Waals surface area contributed by atoms with Gasteiger partial charge in [0.05, 0.1) is 24.3 Å². The standard InChI is InChI=1S/C21H28F3N5O2.HI/c1-5-17-16(18(6-2)31-28-17)12-26-20(27-13-19(30)29(3)4)25-11-14-8-7-9-15(10-14)21(22,23)24;/h7-10H,5-6,11-13H2,1-4H3,(H2,25,26,27);1H. The summed E-state index contributed by atoms with van der Waals surface area (Å²) in [6.45, 7) is 4.30. The van der Waals surface area contributed by atoms with Crippen molar-refractivity contribution in [3.8, 4) is 0 Å². The molecule has 7 nitrogen and oxygen atoms in total. The highest BCUT2D eigenvalue weighted by molar-refractivity contribution is 14.0. The minimum absolute atomic E-state index is 0. The van der Waals surface area contributed by atoms with Gasteiger partial charge < -0.3 is 20.1 Å². The number of alkyl halides is 3. The van der Waals surface area contributed by atoms with E-state index in [0.29, 0.717) is 30.9 Å². The van der Waals surface area contributed by atoms with Gasteiger partial charge in [0, 0.05) is 32.6 Å². The van der Waals surface area contributed by atoms with E-state index in [1.54, 1.807) is 20.2 Å². The van der Waals surface area contributed by atoms with Crippen LogP contribution in [0.2, 0.25) is 0 Å². The maximum Gasteiger partial charge on any atom is 0.416 e. The fourth-order valence-corrected chi connectivity index (χ4v) is 2.82. The first-order valence-corrected chi connectivity index (χ1v) is 10.00. The molecule has 0 saturated heterocycles. The lowest BCUT2D eigenvalue weighted by molar-refractivity contribution is -0.137. The molecule has 11 heteroatoms. The van der Waals surface area contributed by atoms with Crippen LogP contribution in [0, 0.1) is 0 Å². The number of halogens is 4. The zero-order chi connectivity index (χ0) is 23.0. The van der Waals surface area contributed by atoms with Crippen molar-refractivity contribution in [2.24, 2.45) is 4.99 Å². The second kappa shape index (κ2) is 12.7. The summed E-state index contributed by atoms with van der Waals surface area (Å²) in [6, 6.07) is 5.01. The Kier molecular flexibility index (Phi) is 11.0. The number of nitrogens with one attached hydrogen (secondary N) is 2. The van der Waals surface area contributed by atoms with E-state index in [0.717, 1.165) is 29.2 Å². The molecule has 0 spiro atoms. The molecule has 1 aromatic heterocycles. The summed E-state index contributed by atoms with van der Waals surface area (Å²) in [7, 11) is 3.27. The highest BCUT2D eigenvalue weighted by Crippen LogP contribution is 2.29. The molecule has 1 amide bonds. The highest BCUT2D eigenvalue weighted by Gasteiger charge is 2.30. The number of hydrogen-bond acceptors (Lipinski definition) is 4. The molecule has 1 aromatic carbocycles. The van der Waals surface area contributed by atoms with Gasteiger partial charge in [-0.3, -0.25) is 4.79 Å². The van der Waals surface area contributed by atoms with E-state index in [1.807, 2.05) is 13.8 Å². The molecular formula is C21H29F3IN5O2. The number of carbonyl (C=O) groups is 1. The third kappa shape index (κ3) is 7.99. The average molecular weight is 567 g/mol. The topological polar surface area (TPSA) is 82.8 Å². The molecule has 0 bridgehead atoms. The first kappa shape index (κ1) is 27.7. The highest BCUT2D eigenvalue weighted by atomic mass is 127. The molecule has 0 saturated carbocycles. The molecule has 0 radical (unpaired) electrons. The van der Waals surface area contributed by atoms with Crippen molar-refractivity contribution in [2.45, 2.75) is 46.0 Å². The summed E-state index contributed by atoms with van der Waals surface area (Å²) in [5.41, 5.74) is 1.42. The number of aromatic nitrogens is 1. The Morgan fingerprint density at radius 3 is 2.50 bits per heavy atom. The number of likely N-dealkylation sites (N-methyl/N-ethyl adjacent to an activating group) is 1. The fourth-order valence-electron chi connectivity index (χ4n) is 2.82. The number of guanidine groups is 1. The number of hydrogen-bond donors (Lipinski definition) is 2. The summed E-state index contributed by atoms with van der Waals surface area (Å²) in [6.07, 6.45) is -3.05. The Hall–Kier alpha value is -2.31. The van der Waals surface area contributed by atoms with Gasteiger partial charge in [-0.25, -0.2) is 4.99 Å². The summed E-state index contributed by atoms with van der Waals surface area (Å²) >= 11 is 0. The van der Waals surface area contributed by atoms with Gasteiger partial charge in [-0.15, -0.1) is 24.0 Å². The predicted molar refractivity (Wildman–Crippen MR) is 127 cm³/mol. The van der Waals surface area contributed by atoms with Crippen molar-refractivity contribution in [3.05, 3.63) is 52.4 Å². The summed E-state index contributed by atoms with van der Waals surface area (Å²) in [5, 5.41) is 10.1. The van der Waals surface area contributed by atoms with E-state index in [9.17, 15) is 18.0 Å². The number of amides is 1. The van der Waals surface area contributed by atoms with Crippen LogP contribution in [0.5, 0.6) is 0 Å². The van der Waals surface area contributed by atoms with Gasteiger partial charge >= 0.3 is 6.18 Å². The summed E-state index contributed by atoms with van der Waals surface area (Å²) < 4.78 is 44.2. The summed E-state index contributed by atoms with van der Waals surface area (Å²) in [5.74, 6) is 0.894. The van der Waals surface area contributed by atoms with Crippen molar-refractivity contribution < 1.29 is 22.5 Å². The molecule has 2 aromatic rings. The van der Waals surface area contributed by atoms with Crippen molar-refractivity contribution in [1.82, 2.24) is 20.7 Å². The number of aryl methyl sites for hydroxylation is 2. The molecule has 0 unspecified atom stereocenters. The normalized spacial score (nSPS) is 11.7. The van der Waals surface area contributed by atoms with Gasteiger partial charge in [-0.1, -0.05) is 31.1 Å². The van der Waals surface area contributed by atoms with Crippen molar-refractivity contribution in [2.75, 3.05) is 20.6 Å². The lowest BCUT2D eigenvalue weighted by atomic mass is 10.1. The monoisotopic (exact) mass is 567 g/mol. The van der Waals surface area contributed by atoms with E-state index in [4.69, 9.17) is 4.52 Å². The number of benzene rings is 1. The van der Waals surface area contributed by atoms with E-state index >= 15 is 0 Å². The molecule has 32 heavy (non-hydrogen) atoms. The quantitative estimate of drug-likeness (QED) is 0.289. The lowest BCUT2D eigenvalue weighted by Gasteiger charge is -2.15. The van der Waals surface area contributed by atoms with Crippen LogP contribution in [-0.2, 0) is 36.9 Å². The van der Waals surface area contributed by atoms with E-state index in [1.165, 1.54) is 11.0 Å². The number of aliphatic imine (C=N–C) groups is 1. The van der Waals surface area contributed by atoms with Crippen molar-refractivity contribution >= 4 is 35.8 Å². The Labute approximate surface area is 202 Å². The second-order valence-corrected chi connectivity index (χ2v) is 7.10. The average Bonchev–Trinajstić information content (AvgIpc) is 3.14. The van der Waals surface area contributed by atoms with Gasteiger partial charge in [-0.05, 0) is 24.1 Å². The largest absolute Gasteiger partial charge is 0.416 e. The fraction of sp³-hybridized carbons (Fsp3) is 0.476. The third-order valence-electron chi connectivity index (χ3n) is 4.62. The van der Waals surface area contributed by atoms with Crippen LogP contribution in [0.3, 0.4) is 0 Å². The zero-order valence-corrected chi connectivity index (χ0v) is 20.9. The van der Waals surface area contributed by atoms with Crippen LogP contribution in [0.1, 0.15) is 42.0 Å². The molecule has 0 atom stereocenters. The van der Waals surface area contributed by atoms with Gasteiger partial charge in [0.15, 0.2) is 5.96 Å². The minimum atomic E-state index is -4.42. The maximum absolute atomic E-state index is 13.0. The first-order valence-electron chi connectivity index (χ1n) is 10.00. The van der Waals surface area contributed by atoms with Crippen LogP contribution < -0.4 is 10.6 Å². The molecule has 1 heterocycles. The SMILES string of the molecule is CCc1noc(CC)c1CNC(=NCc1cccc(C(F)(F)F)c1)NCC(=O)N(C)C.I. The smallest absolute Gasteiger partial charge is 0.361 e. The first-order chi connectivity index (χ1) is 14.7. The molecular weight excluding hydrogens is 538 g/mol. The van der Waals surface area contributed by atoms with Crippen LogP contribution >= 0.6 is 24.0 Å². The van der Waals surface area contributed by atoms with Crippen LogP contribution in [0.15, 0.2) is 33.8 Å². The van der Waals surface area contributed by atoms with Crippen LogP contribution in [-0.4, -0.2) is 42.6 Å². The Balaban J connectivity index is 0.00000512. The number of nitrogens with zero attached hydrogens (tertiary/aromatic N) is 3. The number of carbonyl (C=O) groups excluding carboxylic acids is 1. The van der Waals surface area contributed by atoms with E-state index in [2.05, 4.69) is 20.8 Å². The third-order valence-corrected chi connectivity index (χ3v) is 4.62. The molecule has 0 fully saturated rings. The second-order valence-electron chi connectivity index (χ2n) is 7.10. The van der Waals surface area contributed by atoms with E-state index < -0.39 is 11.7 Å². The Morgan fingerprint density at radius 2 is 1.91 bits per heavy atom. The molecule has 0 aliphatic carbocycles. The lowest BCUT2D eigenvalue weighted by Crippen LogP contribution is -2.42. The molecule has 2 rings (SSSR count). The van der Waals surface area contributed by atoms with Gasteiger partial charge in [0.1, 0.15) is 5.76 Å². The van der Waals surface area contributed by atoms with Gasteiger partial charge in [-0.2, -0.15) is 13.2 Å². The number of rotatable bonds is 8. The maximum atomic E-state index is 13.0. The molecule has 0 aliphatic heterocycles. The minimum Gasteiger partial charge on any atom is -0.361 e. The Morgan fingerprint density at radius 1 is 1.19 bits per heavy atom. The zero-order valence-electron chi connectivity index (χ0n) is 18.5. The molecule has 2 N–H and O–H groups in total. The Bertz CT molecular complexity index is 892. The van der Waals surface area contributed by atoms with Gasteiger partial charge in [0.2, 0.25) is 5.91 Å². The van der Waals surface area contributed by atoms with Gasteiger partial charge in [0.25, 0.3) is 0 Å². The predicted octanol–water partition coefficient (Wildman–Crippen LogP) is 3.76. The van der Waals surface area contributed by atoms with Crippen molar-refractivity contribution in [1.29, 1.82) is 0 Å². The van der Waals surface area contributed by atoms with Crippen LogP contribution in [0.4, 0.5) is 13.2 Å². The molecule has 178 valence electrons. The molecule has 0 aliphatic rings.